The van der Waals surface area contributed by atoms with Crippen molar-refractivity contribution >= 4 is 10.9 Å². The van der Waals surface area contributed by atoms with Gasteiger partial charge in [0.2, 0.25) is 5.88 Å². The zero-order chi connectivity index (χ0) is 14.8. The standard InChI is InChI=1S/C19H14N2O/c1-2-7-16(8-3-1)22-19-11-10-15(13-20-19)18-12-14-6-4-5-9-17(14)21-18/h1-13,21H. The van der Waals surface area contributed by atoms with Crippen molar-refractivity contribution in [1.29, 1.82) is 0 Å². The lowest BCUT2D eigenvalue weighted by Gasteiger charge is -2.04. The van der Waals surface area contributed by atoms with Gasteiger partial charge in [-0.2, -0.15) is 0 Å². The number of H-pyrrole nitrogens is 1. The van der Waals surface area contributed by atoms with Gasteiger partial charge in [-0.05, 0) is 30.3 Å². The third kappa shape index (κ3) is 2.44. The predicted octanol–water partition coefficient (Wildman–Crippen LogP) is 5.02. The lowest BCUT2D eigenvalue weighted by molar-refractivity contribution is 0.463. The fourth-order valence-electron chi connectivity index (χ4n) is 2.44. The molecule has 0 aliphatic carbocycles. The summed E-state index contributed by atoms with van der Waals surface area (Å²) in [6.07, 6.45) is 1.82. The van der Waals surface area contributed by atoms with Gasteiger partial charge in [0.15, 0.2) is 0 Å². The molecular weight excluding hydrogens is 272 g/mol. The molecule has 0 saturated carbocycles. The molecule has 0 amide bonds. The molecular formula is C19H14N2O. The molecule has 0 aliphatic rings. The third-order valence-electron chi connectivity index (χ3n) is 3.54. The Bertz CT molecular complexity index is 863. The van der Waals surface area contributed by atoms with E-state index in [4.69, 9.17) is 4.74 Å². The van der Waals surface area contributed by atoms with Crippen LogP contribution >= 0.6 is 0 Å². The van der Waals surface area contributed by atoms with Crippen LogP contribution < -0.4 is 4.74 Å². The predicted molar refractivity (Wildman–Crippen MR) is 88.0 cm³/mol. The molecule has 4 aromatic rings. The van der Waals surface area contributed by atoms with Gasteiger partial charge in [0, 0.05) is 34.4 Å². The van der Waals surface area contributed by atoms with Crippen molar-refractivity contribution in [3.05, 3.63) is 79.0 Å². The Balaban J connectivity index is 1.61. The first-order valence-corrected chi connectivity index (χ1v) is 7.15. The van der Waals surface area contributed by atoms with E-state index in [2.05, 4.69) is 28.2 Å². The Morgan fingerprint density at radius 2 is 1.64 bits per heavy atom. The molecule has 0 unspecified atom stereocenters. The summed E-state index contributed by atoms with van der Waals surface area (Å²) in [5.74, 6) is 1.37. The molecule has 0 spiro atoms. The van der Waals surface area contributed by atoms with Crippen LogP contribution in [-0.4, -0.2) is 9.97 Å². The van der Waals surface area contributed by atoms with E-state index in [-0.39, 0.29) is 0 Å². The van der Waals surface area contributed by atoms with Crippen LogP contribution in [0.1, 0.15) is 0 Å². The van der Waals surface area contributed by atoms with E-state index in [1.165, 1.54) is 5.39 Å². The van der Waals surface area contributed by atoms with E-state index in [0.717, 1.165) is 22.5 Å². The summed E-state index contributed by atoms with van der Waals surface area (Å²) in [5.41, 5.74) is 3.22. The molecule has 4 rings (SSSR count). The van der Waals surface area contributed by atoms with Crippen LogP contribution in [0, 0.1) is 0 Å². The number of ether oxygens (including phenoxy) is 1. The number of aromatic nitrogens is 2. The van der Waals surface area contributed by atoms with Crippen LogP contribution in [0.3, 0.4) is 0 Å². The van der Waals surface area contributed by atoms with Crippen LogP contribution in [0.15, 0.2) is 79.0 Å². The average Bonchev–Trinajstić information content (AvgIpc) is 3.00. The second-order valence-corrected chi connectivity index (χ2v) is 5.07. The monoisotopic (exact) mass is 286 g/mol. The van der Waals surface area contributed by atoms with Crippen molar-refractivity contribution in [2.24, 2.45) is 0 Å². The number of rotatable bonds is 3. The smallest absolute Gasteiger partial charge is 0.219 e. The van der Waals surface area contributed by atoms with Crippen molar-refractivity contribution in [1.82, 2.24) is 9.97 Å². The van der Waals surface area contributed by atoms with Crippen LogP contribution in [0.4, 0.5) is 0 Å². The lowest BCUT2D eigenvalue weighted by Crippen LogP contribution is -1.88. The minimum atomic E-state index is 0.589. The molecule has 3 nitrogen and oxygen atoms in total. The van der Waals surface area contributed by atoms with Crippen molar-refractivity contribution in [2.75, 3.05) is 0 Å². The van der Waals surface area contributed by atoms with E-state index in [0.29, 0.717) is 5.88 Å². The van der Waals surface area contributed by atoms with Crippen molar-refractivity contribution in [3.8, 4) is 22.9 Å². The second-order valence-electron chi connectivity index (χ2n) is 5.07. The third-order valence-corrected chi connectivity index (χ3v) is 3.54. The minimum Gasteiger partial charge on any atom is -0.439 e. The highest BCUT2D eigenvalue weighted by Gasteiger charge is 2.04. The van der Waals surface area contributed by atoms with E-state index >= 15 is 0 Å². The number of aromatic amines is 1. The first-order chi connectivity index (χ1) is 10.9. The minimum absolute atomic E-state index is 0.589. The molecule has 0 radical (unpaired) electrons. The molecule has 1 N–H and O–H groups in total. The second kappa shape index (κ2) is 5.37. The topological polar surface area (TPSA) is 37.9 Å². The summed E-state index contributed by atoms with van der Waals surface area (Å²) in [4.78, 5) is 7.78. The van der Waals surface area contributed by atoms with Gasteiger partial charge < -0.3 is 9.72 Å². The van der Waals surface area contributed by atoms with Gasteiger partial charge in [-0.25, -0.2) is 4.98 Å². The van der Waals surface area contributed by atoms with Gasteiger partial charge in [-0.3, -0.25) is 0 Å². The Kier molecular flexibility index (Phi) is 3.09. The van der Waals surface area contributed by atoms with Gasteiger partial charge in [0.1, 0.15) is 5.75 Å². The number of para-hydroxylation sites is 2. The Morgan fingerprint density at radius 1 is 0.818 bits per heavy atom. The highest BCUT2D eigenvalue weighted by Crippen LogP contribution is 2.25. The van der Waals surface area contributed by atoms with E-state index in [9.17, 15) is 0 Å². The molecule has 0 saturated heterocycles. The van der Waals surface area contributed by atoms with Crippen LogP contribution in [0.2, 0.25) is 0 Å². The summed E-state index contributed by atoms with van der Waals surface area (Å²) >= 11 is 0. The van der Waals surface area contributed by atoms with Gasteiger partial charge in [0.25, 0.3) is 0 Å². The van der Waals surface area contributed by atoms with Crippen LogP contribution in [0.25, 0.3) is 22.2 Å². The quantitative estimate of drug-likeness (QED) is 0.574. The summed E-state index contributed by atoms with van der Waals surface area (Å²) in [5, 5.41) is 1.20. The molecule has 0 bridgehead atoms. The highest BCUT2D eigenvalue weighted by molar-refractivity contribution is 5.85. The van der Waals surface area contributed by atoms with Gasteiger partial charge in [0.05, 0.1) is 0 Å². The fourth-order valence-corrected chi connectivity index (χ4v) is 2.44. The number of nitrogens with zero attached hydrogens (tertiary/aromatic N) is 1. The van der Waals surface area contributed by atoms with Crippen molar-refractivity contribution in [3.63, 3.8) is 0 Å². The van der Waals surface area contributed by atoms with Crippen LogP contribution in [-0.2, 0) is 0 Å². The highest BCUT2D eigenvalue weighted by atomic mass is 16.5. The van der Waals surface area contributed by atoms with Crippen molar-refractivity contribution in [2.45, 2.75) is 0 Å². The molecule has 22 heavy (non-hydrogen) atoms. The Morgan fingerprint density at radius 3 is 2.41 bits per heavy atom. The molecule has 2 aromatic heterocycles. The Hall–Kier alpha value is -3.07. The Labute approximate surface area is 128 Å². The first kappa shape index (κ1) is 12.7. The number of benzene rings is 2. The number of fused-ring (bicyclic) bond motifs is 1. The first-order valence-electron chi connectivity index (χ1n) is 7.15. The zero-order valence-electron chi connectivity index (χ0n) is 11.9. The zero-order valence-corrected chi connectivity index (χ0v) is 11.9. The normalized spacial score (nSPS) is 10.7. The number of hydrogen-bond donors (Lipinski definition) is 1. The van der Waals surface area contributed by atoms with Gasteiger partial charge in [-0.15, -0.1) is 0 Å². The molecule has 2 aromatic carbocycles. The summed E-state index contributed by atoms with van der Waals surface area (Å²) in [6.45, 7) is 0. The molecule has 2 heterocycles. The van der Waals surface area contributed by atoms with Gasteiger partial charge in [-0.1, -0.05) is 36.4 Å². The van der Waals surface area contributed by atoms with Crippen molar-refractivity contribution < 1.29 is 4.74 Å². The molecule has 0 aliphatic heterocycles. The average molecular weight is 286 g/mol. The SMILES string of the molecule is c1ccc(Oc2ccc(-c3cc4ccccc4[nH]3)cn2)cc1. The molecule has 106 valence electrons. The summed E-state index contributed by atoms with van der Waals surface area (Å²) in [7, 11) is 0. The van der Waals surface area contributed by atoms with Crippen LogP contribution in [0.5, 0.6) is 11.6 Å². The number of pyridine rings is 1. The maximum atomic E-state index is 5.71. The summed E-state index contributed by atoms with van der Waals surface area (Å²) < 4.78 is 5.71. The summed E-state index contributed by atoms with van der Waals surface area (Å²) in [6, 6.07) is 23.9. The lowest BCUT2D eigenvalue weighted by atomic mass is 10.2. The maximum Gasteiger partial charge on any atom is 0.219 e. The van der Waals surface area contributed by atoms with E-state index in [1.54, 1.807) is 0 Å². The molecule has 0 atom stereocenters. The van der Waals surface area contributed by atoms with E-state index < -0.39 is 0 Å². The molecule has 0 fully saturated rings. The maximum absolute atomic E-state index is 5.71. The number of hydrogen-bond acceptors (Lipinski definition) is 2. The fraction of sp³-hybridized carbons (Fsp3) is 0. The molecule has 3 heteroatoms. The largest absolute Gasteiger partial charge is 0.439 e. The van der Waals surface area contributed by atoms with Gasteiger partial charge >= 0.3 is 0 Å². The number of nitrogens with one attached hydrogen (secondary N) is 1. The van der Waals surface area contributed by atoms with E-state index in [1.807, 2.05) is 60.8 Å².